The maximum absolute atomic E-state index is 14.1. The fourth-order valence-corrected chi connectivity index (χ4v) is 2.58. The predicted molar refractivity (Wildman–Crippen MR) is 85.8 cm³/mol. The molecule has 0 bridgehead atoms. The van der Waals surface area contributed by atoms with E-state index >= 15 is 0 Å². The minimum atomic E-state index is -0.454. The van der Waals surface area contributed by atoms with Gasteiger partial charge in [0.15, 0.2) is 0 Å². The minimum Gasteiger partial charge on any atom is -0.488 e. The third kappa shape index (κ3) is 3.48. The molecule has 2 rings (SSSR count). The molecule has 2 N–H and O–H groups in total. The van der Waals surface area contributed by atoms with Gasteiger partial charge in [0, 0.05) is 16.1 Å². The van der Waals surface area contributed by atoms with Crippen molar-refractivity contribution in [1.82, 2.24) is 0 Å². The van der Waals surface area contributed by atoms with Crippen molar-refractivity contribution in [3.63, 3.8) is 0 Å². The first-order valence-corrected chi connectivity index (χ1v) is 7.22. The molecule has 0 spiro atoms. The van der Waals surface area contributed by atoms with E-state index in [1.807, 2.05) is 0 Å². The Hall–Kier alpha value is -1.17. The van der Waals surface area contributed by atoms with Crippen LogP contribution in [0.2, 0.25) is 5.02 Å². The molecule has 0 amide bonds. The molecule has 0 aliphatic heterocycles. The van der Waals surface area contributed by atoms with Gasteiger partial charge in [0.05, 0.1) is 4.47 Å². The zero-order valence-corrected chi connectivity index (χ0v) is 13.4. The number of halogens is 3. The molecule has 0 atom stereocenters. The van der Waals surface area contributed by atoms with E-state index in [9.17, 15) is 4.39 Å². The van der Waals surface area contributed by atoms with Crippen molar-refractivity contribution in [1.29, 1.82) is 0 Å². The number of benzene rings is 2. The van der Waals surface area contributed by atoms with Crippen molar-refractivity contribution in [2.45, 2.75) is 6.61 Å². The van der Waals surface area contributed by atoms with Gasteiger partial charge in [-0.15, -0.1) is 0 Å². The molecule has 2 aromatic carbocycles. The molecule has 104 valence electrons. The molecule has 0 fully saturated rings. The normalized spacial score (nSPS) is 10.3. The van der Waals surface area contributed by atoms with E-state index in [0.717, 1.165) is 0 Å². The Labute approximate surface area is 134 Å². The molecule has 0 radical (unpaired) electrons. The lowest BCUT2D eigenvalue weighted by atomic mass is 10.1. The summed E-state index contributed by atoms with van der Waals surface area (Å²) >= 11 is 14.0. The highest BCUT2D eigenvalue weighted by atomic mass is 79.9. The molecule has 0 aliphatic carbocycles. The van der Waals surface area contributed by atoms with Gasteiger partial charge >= 0.3 is 0 Å². The van der Waals surface area contributed by atoms with Crippen LogP contribution in [-0.4, -0.2) is 4.99 Å². The molecule has 0 heterocycles. The molecule has 6 heteroatoms. The van der Waals surface area contributed by atoms with Gasteiger partial charge < -0.3 is 10.5 Å². The van der Waals surface area contributed by atoms with Crippen molar-refractivity contribution < 1.29 is 9.13 Å². The van der Waals surface area contributed by atoms with E-state index in [0.29, 0.717) is 20.8 Å². The zero-order valence-electron chi connectivity index (χ0n) is 10.2. The molecule has 0 aromatic heterocycles. The summed E-state index contributed by atoms with van der Waals surface area (Å²) < 4.78 is 20.4. The summed E-state index contributed by atoms with van der Waals surface area (Å²) in [4.78, 5) is 0.0250. The number of ether oxygens (including phenoxy) is 1. The molecule has 0 saturated carbocycles. The largest absolute Gasteiger partial charge is 0.488 e. The van der Waals surface area contributed by atoms with Crippen LogP contribution in [0.4, 0.5) is 4.39 Å². The highest BCUT2D eigenvalue weighted by molar-refractivity contribution is 9.10. The number of rotatable bonds is 4. The van der Waals surface area contributed by atoms with Crippen LogP contribution in [0.3, 0.4) is 0 Å². The van der Waals surface area contributed by atoms with E-state index in [-0.39, 0.29) is 17.2 Å². The van der Waals surface area contributed by atoms with Gasteiger partial charge in [-0.3, -0.25) is 0 Å². The highest BCUT2D eigenvalue weighted by Gasteiger charge is 2.11. The zero-order chi connectivity index (χ0) is 14.7. The van der Waals surface area contributed by atoms with Gasteiger partial charge in [0.2, 0.25) is 0 Å². The maximum atomic E-state index is 14.1. The first-order valence-electron chi connectivity index (χ1n) is 5.64. The van der Waals surface area contributed by atoms with Crippen LogP contribution in [0.1, 0.15) is 11.1 Å². The van der Waals surface area contributed by atoms with Crippen molar-refractivity contribution in [3.8, 4) is 5.75 Å². The van der Waals surface area contributed by atoms with Crippen LogP contribution >= 0.6 is 39.7 Å². The summed E-state index contributed by atoms with van der Waals surface area (Å²) in [6, 6.07) is 9.97. The predicted octanol–water partition coefficient (Wildman–Crippen LogP) is 4.45. The third-order valence-electron chi connectivity index (χ3n) is 2.62. The van der Waals surface area contributed by atoms with Crippen molar-refractivity contribution >= 4 is 44.7 Å². The second-order valence-corrected chi connectivity index (χ2v) is 5.74. The number of hydrogen-bond acceptors (Lipinski definition) is 2. The minimum absolute atomic E-state index is 0.0250. The highest BCUT2D eigenvalue weighted by Crippen LogP contribution is 2.29. The van der Waals surface area contributed by atoms with Crippen LogP contribution in [0, 0.1) is 5.82 Å². The maximum Gasteiger partial charge on any atom is 0.139 e. The van der Waals surface area contributed by atoms with Crippen LogP contribution in [0.5, 0.6) is 5.75 Å². The molecular formula is C14H10BrClFNOS. The third-order valence-corrected chi connectivity index (χ3v) is 3.70. The molecule has 2 aromatic rings. The Morgan fingerprint density at radius 1 is 1.35 bits per heavy atom. The summed E-state index contributed by atoms with van der Waals surface area (Å²) in [7, 11) is 0. The van der Waals surface area contributed by atoms with E-state index < -0.39 is 5.82 Å². The van der Waals surface area contributed by atoms with Gasteiger partial charge in [-0.05, 0) is 40.2 Å². The van der Waals surface area contributed by atoms with Crippen molar-refractivity contribution in [3.05, 3.63) is 62.8 Å². The van der Waals surface area contributed by atoms with E-state index in [2.05, 4.69) is 15.9 Å². The van der Waals surface area contributed by atoms with Gasteiger partial charge in [-0.25, -0.2) is 4.39 Å². The van der Waals surface area contributed by atoms with Gasteiger partial charge in [-0.2, -0.15) is 0 Å². The molecule has 20 heavy (non-hydrogen) atoms. The SMILES string of the molecule is NC(=S)c1cccc(COc2ccc(Cl)cc2Br)c1F. The molecular weight excluding hydrogens is 365 g/mol. The van der Waals surface area contributed by atoms with Gasteiger partial charge in [0.25, 0.3) is 0 Å². The van der Waals surface area contributed by atoms with Crippen LogP contribution < -0.4 is 10.5 Å². The molecule has 0 unspecified atom stereocenters. The lowest BCUT2D eigenvalue weighted by Gasteiger charge is -2.10. The Balaban J connectivity index is 2.19. The Morgan fingerprint density at radius 3 is 2.75 bits per heavy atom. The lowest BCUT2D eigenvalue weighted by molar-refractivity contribution is 0.298. The molecule has 0 aliphatic rings. The first kappa shape index (κ1) is 15.2. The summed E-state index contributed by atoms with van der Waals surface area (Å²) in [6.45, 7) is 0.0719. The van der Waals surface area contributed by atoms with E-state index in [4.69, 9.17) is 34.3 Å². The second-order valence-electron chi connectivity index (χ2n) is 4.01. The fourth-order valence-electron chi connectivity index (χ4n) is 1.63. The van der Waals surface area contributed by atoms with Crippen molar-refractivity contribution in [2.24, 2.45) is 5.73 Å². The average molecular weight is 375 g/mol. The van der Waals surface area contributed by atoms with Crippen LogP contribution in [0.25, 0.3) is 0 Å². The number of nitrogens with two attached hydrogens (primary N) is 1. The van der Waals surface area contributed by atoms with Crippen LogP contribution in [0.15, 0.2) is 40.9 Å². The summed E-state index contributed by atoms with van der Waals surface area (Å²) in [5.74, 6) is 0.125. The van der Waals surface area contributed by atoms with E-state index in [1.54, 1.807) is 36.4 Å². The number of hydrogen-bond donors (Lipinski definition) is 1. The van der Waals surface area contributed by atoms with Crippen LogP contribution in [-0.2, 0) is 6.61 Å². The van der Waals surface area contributed by atoms with E-state index in [1.165, 1.54) is 0 Å². The van der Waals surface area contributed by atoms with Gasteiger partial charge in [0.1, 0.15) is 23.2 Å². The average Bonchev–Trinajstić information content (AvgIpc) is 2.39. The Bertz CT molecular complexity index is 666. The monoisotopic (exact) mass is 373 g/mol. The fraction of sp³-hybridized carbons (Fsp3) is 0.0714. The topological polar surface area (TPSA) is 35.2 Å². The molecule has 2 nitrogen and oxygen atoms in total. The first-order chi connectivity index (χ1) is 9.49. The standard InChI is InChI=1S/C14H10BrClFNOS/c15-11-6-9(16)4-5-12(11)19-7-8-2-1-3-10(13(8)17)14(18)20/h1-6H,7H2,(H2,18,20). The summed E-state index contributed by atoms with van der Waals surface area (Å²) in [5, 5.41) is 0.589. The molecule has 0 saturated heterocycles. The summed E-state index contributed by atoms with van der Waals surface area (Å²) in [5.41, 5.74) is 6.06. The Kier molecular flexibility index (Phi) is 4.96. The summed E-state index contributed by atoms with van der Waals surface area (Å²) in [6.07, 6.45) is 0. The second kappa shape index (κ2) is 6.52. The number of thiocarbonyl (C=S) groups is 1. The Morgan fingerprint density at radius 2 is 2.10 bits per heavy atom. The lowest BCUT2D eigenvalue weighted by Crippen LogP contribution is -2.13. The van der Waals surface area contributed by atoms with Gasteiger partial charge in [-0.1, -0.05) is 36.0 Å². The smallest absolute Gasteiger partial charge is 0.139 e. The van der Waals surface area contributed by atoms with Crippen molar-refractivity contribution in [2.75, 3.05) is 0 Å². The quantitative estimate of drug-likeness (QED) is 0.803.